The summed E-state index contributed by atoms with van der Waals surface area (Å²) in [6.07, 6.45) is 3.49. The molecule has 0 saturated heterocycles. The van der Waals surface area contributed by atoms with E-state index >= 15 is 0 Å². The minimum absolute atomic E-state index is 0.941. The summed E-state index contributed by atoms with van der Waals surface area (Å²) >= 11 is 0. The first-order valence-corrected chi connectivity index (χ1v) is 6.46. The summed E-state index contributed by atoms with van der Waals surface area (Å²) in [6, 6.07) is 8.52. The van der Waals surface area contributed by atoms with Gasteiger partial charge in [-0.15, -0.1) is 0 Å². The van der Waals surface area contributed by atoms with Gasteiger partial charge in [0.25, 0.3) is 0 Å². The van der Waals surface area contributed by atoms with Crippen molar-refractivity contribution in [3.05, 3.63) is 30.0 Å². The Bertz CT molecular complexity index is 473. The highest BCUT2D eigenvalue weighted by molar-refractivity contribution is 5.81. The Labute approximate surface area is 103 Å². The quantitative estimate of drug-likeness (QED) is 0.774. The van der Waals surface area contributed by atoms with E-state index in [-0.39, 0.29) is 0 Å². The Morgan fingerprint density at radius 1 is 1.24 bits per heavy atom. The van der Waals surface area contributed by atoms with Crippen LogP contribution in [0.4, 0.5) is 0 Å². The lowest BCUT2D eigenvalue weighted by molar-refractivity contribution is 0.639. The van der Waals surface area contributed by atoms with Crippen LogP contribution in [0, 0.1) is 0 Å². The maximum atomic E-state index is 4.70. The number of nitrogens with zero attached hydrogens (tertiary/aromatic N) is 2. The molecule has 1 aromatic carbocycles. The second-order valence-corrected chi connectivity index (χ2v) is 4.34. The molecule has 0 amide bonds. The van der Waals surface area contributed by atoms with Crippen LogP contribution < -0.4 is 5.32 Å². The van der Waals surface area contributed by atoms with E-state index in [1.807, 2.05) is 7.05 Å². The fourth-order valence-electron chi connectivity index (χ4n) is 2.22. The molecule has 0 unspecified atom stereocenters. The van der Waals surface area contributed by atoms with Gasteiger partial charge < -0.3 is 5.32 Å². The molecule has 92 valence electrons. The van der Waals surface area contributed by atoms with Gasteiger partial charge >= 0.3 is 0 Å². The van der Waals surface area contributed by atoms with Crippen molar-refractivity contribution < 1.29 is 0 Å². The summed E-state index contributed by atoms with van der Waals surface area (Å²) in [4.78, 5) is 0. The number of rotatable bonds is 6. The molecular weight excluding hydrogens is 210 g/mol. The van der Waals surface area contributed by atoms with Crippen LogP contribution in [-0.4, -0.2) is 23.4 Å². The summed E-state index contributed by atoms with van der Waals surface area (Å²) in [6.45, 7) is 4.17. The predicted molar refractivity (Wildman–Crippen MR) is 72.3 cm³/mol. The molecule has 1 N–H and O–H groups in total. The average molecular weight is 231 g/mol. The number of aryl methyl sites for hydroxylation is 2. The number of unbranched alkanes of at least 4 members (excludes halogenated alkanes) is 1. The first-order chi connectivity index (χ1) is 8.36. The van der Waals surface area contributed by atoms with Crippen molar-refractivity contribution >= 4 is 10.9 Å². The summed E-state index contributed by atoms with van der Waals surface area (Å²) in [7, 11) is 2.00. The second-order valence-electron chi connectivity index (χ2n) is 4.34. The Balaban J connectivity index is 2.16. The van der Waals surface area contributed by atoms with E-state index in [0.29, 0.717) is 0 Å². The molecule has 0 atom stereocenters. The van der Waals surface area contributed by atoms with E-state index in [2.05, 4.69) is 41.2 Å². The SMILES string of the molecule is CCn1nc(CCCCNC)c2ccccc21. The number of aromatic nitrogens is 2. The van der Waals surface area contributed by atoms with Gasteiger partial charge in [-0.25, -0.2) is 0 Å². The van der Waals surface area contributed by atoms with Gasteiger partial charge in [-0.1, -0.05) is 18.2 Å². The monoisotopic (exact) mass is 231 g/mol. The fraction of sp³-hybridized carbons (Fsp3) is 0.500. The van der Waals surface area contributed by atoms with Crippen LogP contribution >= 0.6 is 0 Å². The van der Waals surface area contributed by atoms with Crippen molar-refractivity contribution in [1.29, 1.82) is 0 Å². The Hall–Kier alpha value is -1.35. The van der Waals surface area contributed by atoms with Gasteiger partial charge in [-0.05, 0) is 45.8 Å². The third kappa shape index (κ3) is 2.67. The molecule has 0 saturated carbocycles. The van der Waals surface area contributed by atoms with Gasteiger partial charge in [0, 0.05) is 11.9 Å². The van der Waals surface area contributed by atoms with Crippen LogP contribution in [0.15, 0.2) is 24.3 Å². The Morgan fingerprint density at radius 3 is 2.82 bits per heavy atom. The highest BCUT2D eigenvalue weighted by Gasteiger charge is 2.07. The molecule has 17 heavy (non-hydrogen) atoms. The second kappa shape index (κ2) is 5.82. The lowest BCUT2D eigenvalue weighted by Gasteiger charge is -1.98. The Kier molecular flexibility index (Phi) is 4.15. The smallest absolute Gasteiger partial charge is 0.0703 e. The van der Waals surface area contributed by atoms with E-state index in [0.717, 1.165) is 19.5 Å². The normalized spacial score (nSPS) is 11.2. The van der Waals surface area contributed by atoms with Gasteiger partial charge in [-0.3, -0.25) is 4.68 Å². The molecule has 3 nitrogen and oxygen atoms in total. The van der Waals surface area contributed by atoms with E-state index in [1.54, 1.807) is 0 Å². The minimum Gasteiger partial charge on any atom is -0.320 e. The molecule has 0 aliphatic heterocycles. The zero-order chi connectivity index (χ0) is 12.1. The molecule has 3 heteroatoms. The van der Waals surface area contributed by atoms with Crippen LogP contribution in [0.5, 0.6) is 0 Å². The molecule has 1 heterocycles. The van der Waals surface area contributed by atoms with Crippen molar-refractivity contribution in [2.24, 2.45) is 0 Å². The number of para-hydroxylation sites is 1. The summed E-state index contributed by atoms with van der Waals surface area (Å²) in [5.41, 5.74) is 2.51. The highest BCUT2D eigenvalue weighted by Crippen LogP contribution is 2.19. The van der Waals surface area contributed by atoms with E-state index in [1.165, 1.54) is 29.4 Å². The van der Waals surface area contributed by atoms with E-state index in [9.17, 15) is 0 Å². The van der Waals surface area contributed by atoms with Crippen LogP contribution in [-0.2, 0) is 13.0 Å². The molecule has 2 rings (SSSR count). The predicted octanol–water partition coefficient (Wildman–Crippen LogP) is 2.60. The van der Waals surface area contributed by atoms with Gasteiger partial charge in [0.15, 0.2) is 0 Å². The van der Waals surface area contributed by atoms with Gasteiger partial charge in [0.1, 0.15) is 0 Å². The van der Waals surface area contributed by atoms with Crippen LogP contribution in [0.25, 0.3) is 10.9 Å². The maximum absolute atomic E-state index is 4.70. The van der Waals surface area contributed by atoms with Crippen molar-refractivity contribution in [3.8, 4) is 0 Å². The molecule has 0 aliphatic rings. The Morgan fingerprint density at radius 2 is 2.06 bits per heavy atom. The molecule has 0 fully saturated rings. The van der Waals surface area contributed by atoms with Crippen molar-refractivity contribution in [3.63, 3.8) is 0 Å². The lowest BCUT2D eigenvalue weighted by atomic mass is 10.1. The average Bonchev–Trinajstić information content (AvgIpc) is 2.73. The van der Waals surface area contributed by atoms with Gasteiger partial charge in [0.05, 0.1) is 11.2 Å². The summed E-state index contributed by atoms with van der Waals surface area (Å²) in [5.74, 6) is 0. The molecule has 0 spiro atoms. The standard InChI is InChI=1S/C14H21N3/c1-3-17-14-10-5-4-8-12(14)13(16-17)9-6-7-11-15-2/h4-5,8,10,15H,3,6-7,9,11H2,1-2H3. The molecule has 0 bridgehead atoms. The largest absolute Gasteiger partial charge is 0.320 e. The molecular formula is C14H21N3. The first kappa shape index (κ1) is 12.1. The third-order valence-corrected chi connectivity index (χ3v) is 3.12. The lowest BCUT2D eigenvalue weighted by Crippen LogP contribution is -2.07. The molecule has 0 radical (unpaired) electrons. The number of fused-ring (bicyclic) bond motifs is 1. The molecule has 1 aromatic heterocycles. The number of hydrogen-bond donors (Lipinski definition) is 1. The number of benzene rings is 1. The molecule has 2 aromatic rings. The topological polar surface area (TPSA) is 29.9 Å². The third-order valence-electron chi connectivity index (χ3n) is 3.12. The van der Waals surface area contributed by atoms with Gasteiger partial charge in [-0.2, -0.15) is 5.10 Å². The van der Waals surface area contributed by atoms with Crippen LogP contribution in [0.2, 0.25) is 0 Å². The minimum atomic E-state index is 0.941. The maximum Gasteiger partial charge on any atom is 0.0703 e. The van der Waals surface area contributed by atoms with Crippen LogP contribution in [0.1, 0.15) is 25.5 Å². The van der Waals surface area contributed by atoms with E-state index < -0.39 is 0 Å². The van der Waals surface area contributed by atoms with Crippen molar-refractivity contribution in [1.82, 2.24) is 15.1 Å². The summed E-state index contributed by atoms with van der Waals surface area (Å²) in [5, 5.41) is 9.20. The number of nitrogens with one attached hydrogen (secondary N) is 1. The zero-order valence-corrected chi connectivity index (χ0v) is 10.7. The summed E-state index contributed by atoms with van der Waals surface area (Å²) < 4.78 is 2.10. The molecule has 0 aliphatic carbocycles. The van der Waals surface area contributed by atoms with Crippen molar-refractivity contribution in [2.45, 2.75) is 32.7 Å². The zero-order valence-electron chi connectivity index (χ0n) is 10.7. The van der Waals surface area contributed by atoms with Crippen molar-refractivity contribution in [2.75, 3.05) is 13.6 Å². The van der Waals surface area contributed by atoms with Gasteiger partial charge in [0.2, 0.25) is 0 Å². The van der Waals surface area contributed by atoms with Crippen LogP contribution in [0.3, 0.4) is 0 Å². The first-order valence-electron chi connectivity index (χ1n) is 6.46. The highest BCUT2D eigenvalue weighted by atomic mass is 15.3. The van der Waals surface area contributed by atoms with E-state index in [4.69, 9.17) is 5.10 Å². The fourth-order valence-corrected chi connectivity index (χ4v) is 2.22. The number of hydrogen-bond acceptors (Lipinski definition) is 2.